The average molecular weight is 478 g/mol. The lowest BCUT2D eigenvalue weighted by atomic mass is 9.89. The Morgan fingerprint density at radius 1 is 1.21 bits per heavy atom. The van der Waals surface area contributed by atoms with Crippen molar-refractivity contribution in [3.05, 3.63) is 58.1 Å². The molecule has 0 bridgehead atoms. The number of ether oxygens (including phenoxy) is 1. The predicted molar refractivity (Wildman–Crippen MR) is 117 cm³/mol. The Hall–Kier alpha value is -3.20. The van der Waals surface area contributed by atoms with Crippen LogP contribution < -0.4 is 20.3 Å². The number of hydrogen-bond donors (Lipinski definition) is 2. The Morgan fingerprint density at radius 3 is 2.55 bits per heavy atom. The molecule has 3 amide bonds. The van der Waals surface area contributed by atoms with Crippen LogP contribution in [0, 0.1) is 11.6 Å². The van der Waals surface area contributed by atoms with Gasteiger partial charge in [0.25, 0.3) is 0 Å². The summed E-state index contributed by atoms with van der Waals surface area (Å²) in [5.74, 6) is -3.52. The Balaban J connectivity index is 1.36. The Bertz CT molecular complexity index is 1100. The number of carbonyl (C=O) groups is 3. The Morgan fingerprint density at radius 2 is 1.91 bits per heavy atom. The molecule has 4 rings (SSSR count). The van der Waals surface area contributed by atoms with Crippen molar-refractivity contribution in [1.82, 2.24) is 10.6 Å². The van der Waals surface area contributed by atoms with Gasteiger partial charge in [-0.05, 0) is 30.7 Å². The summed E-state index contributed by atoms with van der Waals surface area (Å²) in [6, 6.07) is 7.23. The van der Waals surface area contributed by atoms with Gasteiger partial charge in [0.2, 0.25) is 17.7 Å². The van der Waals surface area contributed by atoms with E-state index < -0.39 is 29.4 Å². The van der Waals surface area contributed by atoms with Crippen LogP contribution in [-0.4, -0.2) is 44.0 Å². The van der Waals surface area contributed by atoms with Crippen molar-refractivity contribution in [3.8, 4) is 5.75 Å². The number of nitrogens with zero attached hydrogens (tertiary/aromatic N) is 1. The highest BCUT2D eigenvalue weighted by Gasteiger charge is 2.34. The molecular formula is C23H22ClF2N3O4. The molecule has 2 saturated heterocycles. The zero-order valence-corrected chi connectivity index (χ0v) is 18.5. The van der Waals surface area contributed by atoms with E-state index in [0.29, 0.717) is 35.1 Å². The van der Waals surface area contributed by atoms with Gasteiger partial charge >= 0.3 is 0 Å². The molecule has 0 aromatic heterocycles. The molecule has 0 aliphatic carbocycles. The first-order valence-electron chi connectivity index (χ1n) is 10.4. The third kappa shape index (κ3) is 4.93. The fraction of sp³-hybridized carbons (Fsp3) is 0.348. The van der Waals surface area contributed by atoms with Crippen LogP contribution in [0.5, 0.6) is 5.75 Å². The van der Waals surface area contributed by atoms with Crippen molar-refractivity contribution in [2.75, 3.05) is 25.1 Å². The van der Waals surface area contributed by atoms with Crippen LogP contribution in [0.25, 0.3) is 0 Å². The number of methoxy groups -OCH3 is 1. The molecule has 2 N–H and O–H groups in total. The number of halogens is 3. The number of carbonyl (C=O) groups excluding carboxylic acids is 3. The van der Waals surface area contributed by atoms with E-state index in [1.54, 1.807) is 23.1 Å². The van der Waals surface area contributed by atoms with Crippen LogP contribution in [0.15, 0.2) is 30.3 Å². The molecule has 7 nitrogen and oxygen atoms in total. The number of rotatable bonds is 6. The quantitative estimate of drug-likeness (QED) is 0.625. The minimum Gasteiger partial charge on any atom is -0.496 e. The van der Waals surface area contributed by atoms with Crippen molar-refractivity contribution in [2.45, 2.75) is 31.2 Å². The first-order valence-corrected chi connectivity index (χ1v) is 10.8. The first kappa shape index (κ1) is 23.0. The largest absolute Gasteiger partial charge is 0.496 e. The standard InChI is InChI=1S/C23H22ClF2N3O4/c1-33-19-7-13(24)3-2-12(19)6-21(31)27-14-10-29(11-14)15-8-17(25)22(18(26)9-15)16-4-5-20(30)28-23(16)32/h2-3,7-9,14,16H,4-6,10-11H2,1H3,(H,27,31)(H,28,30,32). The maximum Gasteiger partial charge on any atom is 0.234 e. The van der Waals surface area contributed by atoms with Gasteiger partial charge in [0.1, 0.15) is 17.4 Å². The molecule has 1 unspecified atom stereocenters. The van der Waals surface area contributed by atoms with E-state index in [-0.39, 0.29) is 36.8 Å². The molecule has 33 heavy (non-hydrogen) atoms. The maximum atomic E-state index is 14.7. The number of piperidine rings is 1. The molecule has 1 atom stereocenters. The van der Waals surface area contributed by atoms with E-state index in [4.69, 9.17) is 16.3 Å². The number of nitrogens with one attached hydrogen (secondary N) is 2. The zero-order chi connectivity index (χ0) is 23.7. The minimum atomic E-state index is -1.04. The van der Waals surface area contributed by atoms with Crippen LogP contribution >= 0.6 is 11.6 Å². The van der Waals surface area contributed by atoms with Crippen molar-refractivity contribution in [3.63, 3.8) is 0 Å². The summed E-state index contributed by atoms with van der Waals surface area (Å²) in [5, 5.41) is 5.52. The predicted octanol–water partition coefficient (Wildman–Crippen LogP) is 2.69. The summed E-state index contributed by atoms with van der Waals surface area (Å²) < 4.78 is 34.7. The van der Waals surface area contributed by atoms with Crippen molar-refractivity contribution in [2.24, 2.45) is 0 Å². The molecule has 10 heteroatoms. The summed E-state index contributed by atoms with van der Waals surface area (Å²) in [7, 11) is 1.50. The third-order valence-electron chi connectivity index (χ3n) is 5.86. The molecule has 0 saturated carbocycles. The number of amides is 3. The highest BCUT2D eigenvalue weighted by molar-refractivity contribution is 6.30. The fourth-order valence-corrected chi connectivity index (χ4v) is 4.31. The molecule has 2 aromatic rings. The Kier molecular flexibility index (Phi) is 6.51. The highest BCUT2D eigenvalue weighted by atomic mass is 35.5. The summed E-state index contributed by atoms with van der Waals surface area (Å²) in [6.07, 6.45) is 0.210. The molecule has 174 valence electrons. The SMILES string of the molecule is COc1cc(Cl)ccc1CC(=O)NC1CN(c2cc(F)c(C3CCC(=O)NC3=O)c(F)c2)C1. The van der Waals surface area contributed by atoms with E-state index in [1.807, 2.05) is 0 Å². The summed E-state index contributed by atoms with van der Waals surface area (Å²) in [5.41, 5.74) is 0.695. The van der Waals surface area contributed by atoms with E-state index >= 15 is 0 Å². The molecular weight excluding hydrogens is 456 g/mol. The number of imide groups is 1. The second-order valence-corrected chi connectivity index (χ2v) is 8.57. The van der Waals surface area contributed by atoms with Crippen molar-refractivity contribution in [1.29, 1.82) is 0 Å². The van der Waals surface area contributed by atoms with Gasteiger partial charge in [-0.1, -0.05) is 17.7 Å². The highest BCUT2D eigenvalue weighted by Crippen LogP contribution is 2.33. The monoisotopic (exact) mass is 477 g/mol. The van der Waals surface area contributed by atoms with Gasteiger partial charge in [-0.2, -0.15) is 0 Å². The van der Waals surface area contributed by atoms with Gasteiger partial charge < -0.3 is 15.0 Å². The minimum absolute atomic E-state index is 0.0342. The van der Waals surface area contributed by atoms with Crippen LogP contribution in [0.3, 0.4) is 0 Å². The van der Waals surface area contributed by atoms with Gasteiger partial charge in [-0.3, -0.25) is 19.7 Å². The van der Waals surface area contributed by atoms with E-state index in [9.17, 15) is 23.2 Å². The fourth-order valence-electron chi connectivity index (χ4n) is 4.15. The average Bonchev–Trinajstić information content (AvgIpc) is 2.72. The van der Waals surface area contributed by atoms with Gasteiger partial charge in [-0.15, -0.1) is 0 Å². The molecule has 0 spiro atoms. The summed E-state index contributed by atoms with van der Waals surface area (Å²) in [6.45, 7) is 0.778. The van der Waals surface area contributed by atoms with E-state index in [1.165, 1.54) is 19.2 Å². The van der Waals surface area contributed by atoms with Crippen molar-refractivity contribution >= 4 is 35.0 Å². The van der Waals surface area contributed by atoms with Gasteiger partial charge in [0, 0.05) is 41.3 Å². The lowest BCUT2D eigenvalue weighted by Crippen LogP contribution is -2.59. The Labute approximate surface area is 194 Å². The number of benzene rings is 2. The molecule has 2 aliphatic heterocycles. The third-order valence-corrected chi connectivity index (χ3v) is 6.10. The smallest absolute Gasteiger partial charge is 0.234 e. The first-order chi connectivity index (χ1) is 15.7. The van der Waals surface area contributed by atoms with Crippen LogP contribution in [0.2, 0.25) is 5.02 Å². The van der Waals surface area contributed by atoms with Crippen LogP contribution in [0.4, 0.5) is 14.5 Å². The van der Waals surface area contributed by atoms with Gasteiger partial charge in [0.15, 0.2) is 0 Å². The number of hydrogen-bond acceptors (Lipinski definition) is 5. The normalized spacial score (nSPS) is 18.5. The molecule has 2 fully saturated rings. The molecule has 0 radical (unpaired) electrons. The molecule has 2 heterocycles. The lowest BCUT2D eigenvalue weighted by molar-refractivity contribution is -0.134. The second kappa shape index (κ2) is 9.35. The lowest BCUT2D eigenvalue weighted by Gasteiger charge is -2.41. The van der Waals surface area contributed by atoms with Crippen LogP contribution in [-0.2, 0) is 20.8 Å². The zero-order valence-electron chi connectivity index (χ0n) is 17.8. The summed E-state index contributed by atoms with van der Waals surface area (Å²) >= 11 is 5.94. The van der Waals surface area contributed by atoms with E-state index in [0.717, 1.165) is 0 Å². The van der Waals surface area contributed by atoms with E-state index in [2.05, 4.69) is 10.6 Å². The maximum absolute atomic E-state index is 14.7. The summed E-state index contributed by atoms with van der Waals surface area (Å²) in [4.78, 5) is 37.4. The van der Waals surface area contributed by atoms with Crippen LogP contribution in [0.1, 0.15) is 29.9 Å². The number of anilines is 1. The molecule has 2 aromatic carbocycles. The van der Waals surface area contributed by atoms with Crippen molar-refractivity contribution < 1.29 is 27.9 Å². The van der Waals surface area contributed by atoms with Gasteiger partial charge in [-0.25, -0.2) is 8.78 Å². The topological polar surface area (TPSA) is 87.7 Å². The molecule has 2 aliphatic rings. The second-order valence-electron chi connectivity index (χ2n) is 8.13. The van der Waals surface area contributed by atoms with Gasteiger partial charge in [0.05, 0.1) is 25.5 Å².